The maximum Gasteiger partial charge on any atom is 0.257 e. The quantitative estimate of drug-likeness (QED) is 0.800. The van der Waals surface area contributed by atoms with Crippen molar-refractivity contribution in [1.29, 1.82) is 0 Å². The van der Waals surface area contributed by atoms with Crippen LogP contribution in [0.4, 0.5) is 10.3 Å². The van der Waals surface area contributed by atoms with Gasteiger partial charge in [0.25, 0.3) is 5.91 Å². The van der Waals surface area contributed by atoms with Crippen molar-refractivity contribution in [3.05, 3.63) is 71.7 Å². The van der Waals surface area contributed by atoms with Gasteiger partial charge in [0.15, 0.2) is 0 Å². The molecule has 116 valence electrons. The number of rotatable bonds is 3. The maximum absolute atomic E-state index is 12.9. The van der Waals surface area contributed by atoms with Crippen LogP contribution in [0, 0.1) is 12.7 Å². The van der Waals surface area contributed by atoms with E-state index in [1.165, 1.54) is 29.8 Å². The number of carbonyl (C=O) groups is 1. The average Bonchev–Trinajstić information content (AvgIpc) is 2.89. The number of halogens is 1. The molecule has 0 aliphatic carbocycles. The predicted molar refractivity (Wildman–Crippen MR) is 87.7 cm³/mol. The Labute approximate surface area is 133 Å². The molecule has 0 fully saturated rings. The minimum absolute atomic E-state index is 0.325. The minimum atomic E-state index is -0.375. The van der Waals surface area contributed by atoms with Crippen LogP contribution in [0.5, 0.6) is 0 Å². The number of imidazole rings is 1. The molecule has 0 unspecified atom stereocenters. The Morgan fingerprint density at radius 1 is 1.09 bits per heavy atom. The molecule has 5 heteroatoms. The van der Waals surface area contributed by atoms with Crippen LogP contribution in [0.1, 0.15) is 15.9 Å². The second kappa shape index (κ2) is 6.04. The number of hydrogen-bond acceptors (Lipinski definition) is 2. The summed E-state index contributed by atoms with van der Waals surface area (Å²) in [6.45, 7) is 2.02. The highest BCUT2D eigenvalue weighted by Crippen LogP contribution is 2.21. The number of aryl methyl sites for hydroxylation is 2. The fourth-order valence-electron chi connectivity index (χ4n) is 2.22. The van der Waals surface area contributed by atoms with E-state index in [-0.39, 0.29) is 11.7 Å². The summed E-state index contributed by atoms with van der Waals surface area (Å²) < 4.78 is 14.7. The molecule has 0 saturated carbocycles. The lowest BCUT2D eigenvalue weighted by atomic mass is 10.1. The van der Waals surface area contributed by atoms with E-state index in [1.54, 1.807) is 4.57 Å². The smallest absolute Gasteiger partial charge is 0.257 e. The number of anilines is 1. The zero-order valence-electron chi connectivity index (χ0n) is 12.9. The summed E-state index contributed by atoms with van der Waals surface area (Å²) in [5, 5.41) is 2.74. The van der Waals surface area contributed by atoms with Crippen LogP contribution in [0.15, 0.2) is 54.7 Å². The molecule has 1 heterocycles. The molecular weight excluding hydrogens is 293 g/mol. The molecule has 0 aliphatic heterocycles. The SMILES string of the molecule is Cc1ccc(-c2cn(C)c(NC(=O)c3ccc(F)cc3)n2)cc1. The van der Waals surface area contributed by atoms with Crippen molar-refractivity contribution >= 4 is 11.9 Å². The van der Waals surface area contributed by atoms with Crippen LogP contribution >= 0.6 is 0 Å². The third kappa shape index (κ3) is 3.29. The Morgan fingerprint density at radius 3 is 2.39 bits per heavy atom. The van der Waals surface area contributed by atoms with Crippen molar-refractivity contribution in [2.24, 2.45) is 7.05 Å². The summed E-state index contributed by atoms with van der Waals surface area (Å²) in [5.41, 5.74) is 3.32. The van der Waals surface area contributed by atoms with E-state index in [4.69, 9.17) is 0 Å². The zero-order chi connectivity index (χ0) is 16.4. The van der Waals surface area contributed by atoms with Crippen molar-refractivity contribution in [2.45, 2.75) is 6.92 Å². The average molecular weight is 309 g/mol. The highest BCUT2D eigenvalue weighted by molar-refractivity contribution is 6.03. The highest BCUT2D eigenvalue weighted by atomic mass is 19.1. The Balaban J connectivity index is 1.82. The van der Waals surface area contributed by atoms with Crippen molar-refractivity contribution < 1.29 is 9.18 Å². The maximum atomic E-state index is 12.9. The molecule has 0 saturated heterocycles. The number of nitrogens with zero attached hydrogens (tertiary/aromatic N) is 2. The highest BCUT2D eigenvalue weighted by Gasteiger charge is 2.12. The van der Waals surface area contributed by atoms with E-state index >= 15 is 0 Å². The van der Waals surface area contributed by atoms with Crippen molar-refractivity contribution in [1.82, 2.24) is 9.55 Å². The van der Waals surface area contributed by atoms with Crippen LogP contribution in [0.3, 0.4) is 0 Å². The summed E-state index contributed by atoms with van der Waals surface area (Å²) in [7, 11) is 1.81. The molecule has 3 aromatic rings. The Hall–Kier alpha value is -2.95. The molecule has 1 aromatic heterocycles. The number of nitrogens with one attached hydrogen (secondary N) is 1. The van der Waals surface area contributed by atoms with Crippen molar-refractivity contribution in [2.75, 3.05) is 5.32 Å². The van der Waals surface area contributed by atoms with E-state index in [1.807, 2.05) is 44.4 Å². The Morgan fingerprint density at radius 2 is 1.74 bits per heavy atom. The van der Waals surface area contributed by atoms with Crippen LogP contribution < -0.4 is 5.32 Å². The van der Waals surface area contributed by atoms with Crippen LogP contribution in [0.25, 0.3) is 11.3 Å². The van der Waals surface area contributed by atoms with E-state index in [9.17, 15) is 9.18 Å². The monoisotopic (exact) mass is 309 g/mol. The number of carbonyl (C=O) groups excluding carboxylic acids is 1. The molecule has 23 heavy (non-hydrogen) atoms. The number of hydrogen-bond donors (Lipinski definition) is 1. The molecule has 1 N–H and O–H groups in total. The molecule has 4 nitrogen and oxygen atoms in total. The summed E-state index contributed by atoms with van der Waals surface area (Å²) in [6.07, 6.45) is 1.85. The first-order valence-electron chi connectivity index (χ1n) is 7.20. The normalized spacial score (nSPS) is 10.6. The number of benzene rings is 2. The van der Waals surface area contributed by atoms with Gasteiger partial charge in [-0.25, -0.2) is 9.37 Å². The molecular formula is C18H16FN3O. The van der Waals surface area contributed by atoms with E-state index in [2.05, 4.69) is 10.3 Å². The number of amides is 1. The van der Waals surface area contributed by atoms with Crippen molar-refractivity contribution in [3.63, 3.8) is 0 Å². The fourth-order valence-corrected chi connectivity index (χ4v) is 2.22. The Bertz CT molecular complexity index is 836. The molecule has 2 aromatic carbocycles. The van der Waals surface area contributed by atoms with E-state index in [0.717, 1.165) is 11.3 Å². The third-order valence-corrected chi connectivity index (χ3v) is 3.56. The van der Waals surface area contributed by atoms with Gasteiger partial charge in [-0.2, -0.15) is 0 Å². The summed E-state index contributed by atoms with van der Waals surface area (Å²) in [6, 6.07) is 13.4. The molecule has 0 atom stereocenters. The van der Waals surface area contributed by atoms with Gasteiger partial charge in [0.1, 0.15) is 5.82 Å². The lowest BCUT2D eigenvalue weighted by molar-refractivity contribution is 0.102. The predicted octanol–water partition coefficient (Wildman–Crippen LogP) is 3.79. The van der Waals surface area contributed by atoms with E-state index < -0.39 is 0 Å². The molecule has 0 aliphatic rings. The second-order valence-corrected chi connectivity index (χ2v) is 5.39. The summed E-state index contributed by atoms with van der Waals surface area (Å²) >= 11 is 0. The van der Waals surface area contributed by atoms with Crippen LogP contribution in [0.2, 0.25) is 0 Å². The Kier molecular flexibility index (Phi) is 3.93. The molecule has 1 amide bonds. The molecule has 0 spiro atoms. The molecule has 0 bridgehead atoms. The first-order chi connectivity index (χ1) is 11.0. The van der Waals surface area contributed by atoms with E-state index in [0.29, 0.717) is 11.5 Å². The largest absolute Gasteiger partial charge is 0.320 e. The van der Waals surface area contributed by atoms with Crippen LogP contribution in [-0.4, -0.2) is 15.5 Å². The van der Waals surface area contributed by atoms with Gasteiger partial charge in [-0.3, -0.25) is 10.1 Å². The van der Waals surface area contributed by atoms with Gasteiger partial charge < -0.3 is 4.57 Å². The lowest BCUT2D eigenvalue weighted by Crippen LogP contribution is -2.14. The van der Waals surface area contributed by atoms with Gasteiger partial charge in [-0.05, 0) is 31.2 Å². The third-order valence-electron chi connectivity index (χ3n) is 3.56. The number of aromatic nitrogens is 2. The fraction of sp³-hybridized carbons (Fsp3) is 0.111. The van der Waals surface area contributed by atoms with Gasteiger partial charge in [-0.15, -0.1) is 0 Å². The zero-order valence-corrected chi connectivity index (χ0v) is 12.9. The van der Waals surface area contributed by atoms with Gasteiger partial charge in [-0.1, -0.05) is 29.8 Å². The van der Waals surface area contributed by atoms with Gasteiger partial charge >= 0.3 is 0 Å². The second-order valence-electron chi connectivity index (χ2n) is 5.39. The summed E-state index contributed by atoms with van der Waals surface area (Å²) in [4.78, 5) is 16.6. The standard InChI is InChI=1S/C18H16FN3O/c1-12-3-5-13(6-4-12)16-11-22(2)18(20-16)21-17(23)14-7-9-15(19)10-8-14/h3-11H,1-2H3,(H,20,21,23). The topological polar surface area (TPSA) is 46.9 Å². The van der Waals surface area contributed by atoms with Gasteiger partial charge in [0.05, 0.1) is 5.69 Å². The van der Waals surface area contributed by atoms with Crippen LogP contribution in [-0.2, 0) is 7.05 Å². The van der Waals surface area contributed by atoms with Gasteiger partial charge in [0.2, 0.25) is 5.95 Å². The first kappa shape index (κ1) is 15.0. The lowest BCUT2D eigenvalue weighted by Gasteiger charge is -2.04. The molecule has 3 rings (SSSR count). The molecule has 0 radical (unpaired) electrons. The first-order valence-corrected chi connectivity index (χ1v) is 7.20. The minimum Gasteiger partial charge on any atom is -0.320 e. The van der Waals surface area contributed by atoms with Crippen molar-refractivity contribution in [3.8, 4) is 11.3 Å². The summed E-state index contributed by atoms with van der Waals surface area (Å²) in [5.74, 6) is -0.260. The van der Waals surface area contributed by atoms with Gasteiger partial charge in [0, 0.05) is 24.4 Å².